The summed E-state index contributed by atoms with van der Waals surface area (Å²) in [6.45, 7) is 2.05. The van der Waals surface area contributed by atoms with E-state index in [-0.39, 0.29) is 10.3 Å². The number of hydrogen-bond acceptors (Lipinski definition) is 4. The molecule has 0 aromatic heterocycles. The number of nitrogens with two attached hydrogens (primary N) is 2. The standard InChI is InChI=1S/C7H16N4S2/c1-5(13-7(10)11)3-2-4-12-6(8)9/h5H,2-4H2,1H3,(H3,8,9)(H3,10,11). The molecule has 76 valence electrons. The molecular weight excluding hydrogens is 204 g/mol. The van der Waals surface area contributed by atoms with Crippen LogP contribution in [-0.2, 0) is 0 Å². The van der Waals surface area contributed by atoms with Gasteiger partial charge in [0.25, 0.3) is 0 Å². The summed E-state index contributed by atoms with van der Waals surface area (Å²) in [6.07, 6.45) is 2.01. The van der Waals surface area contributed by atoms with E-state index in [1.165, 1.54) is 23.5 Å². The average Bonchev–Trinajstić information content (AvgIpc) is 1.96. The first-order valence-electron chi connectivity index (χ1n) is 4.00. The van der Waals surface area contributed by atoms with E-state index in [1.54, 1.807) is 0 Å². The number of nitrogens with one attached hydrogen (secondary N) is 2. The molecule has 0 radical (unpaired) electrons. The SMILES string of the molecule is CC(CCCSC(=N)N)SC(=N)N. The lowest BCUT2D eigenvalue weighted by molar-refractivity contribution is 0.797. The lowest BCUT2D eigenvalue weighted by Crippen LogP contribution is -2.10. The Morgan fingerprint density at radius 1 is 1.31 bits per heavy atom. The second kappa shape index (κ2) is 7.08. The van der Waals surface area contributed by atoms with E-state index < -0.39 is 0 Å². The van der Waals surface area contributed by atoms with E-state index in [9.17, 15) is 0 Å². The molecule has 0 aliphatic heterocycles. The first-order chi connectivity index (χ1) is 6.02. The van der Waals surface area contributed by atoms with Gasteiger partial charge in [0, 0.05) is 11.0 Å². The predicted molar refractivity (Wildman–Crippen MR) is 62.6 cm³/mol. The van der Waals surface area contributed by atoms with E-state index in [0.29, 0.717) is 5.25 Å². The second-order valence-corrected chi connectivity index (χ2v) is 5.26. The van der Waals surface area contributed by atoms with Crippen molar-refractivity contribution in [2.24, 2.45) is 11.5 Å². The number of thioether (sulfide) groups is 2. The van der Waals surface area contributed by atoms with Crippen LogP contribution in [0.2, 0.25) is 0 Å². The molecule has 13 heavy (non-hydrogen) atoms. The van der Waals surface area contributed by atoms with Crippen LogP contribution in [0.1, 0.15) is 19.8 Å². The molecule has 4 nitrogen and oxygen atoms in total. The fraction of sp³-hybridized carbons (Fsp3) is 0.714. The van der Waals surface area contributed by atoms with Crippen LogP contribution in [0.15, 0.2) is 0 Å². The van der Waals surface area contributed by atoms with Gasteiger partial charge >= 0.3 is 0 Å². The monoisotopic (exact) mass is 220 g/mol. The molecule has 1 unspecified atom stereocenters. The Morgan fingerprint density at radius 2 is 1.92 bits per heavy atom. The molecule has 0 aliphatic carbocycles. The van der Waals surface area contributed by atoms with Gasteiger partial charge in [-0.3, -0.25) is 10.8 Å². The van der Waals surface area contributed by atoms with Crippen molar-refractivity contribution in [3.05, 3.63) is 0 Å². The largest absolute Gasteiger partial charge is 0.379 e. The van der Waals surface area contributed by atoms with Crippen LogP contribution < -0.4 is 11.5 Å². The third-order valence-corrected chi connectivity index (χ3v) is 3.04. The first kappa shape index (κ1) is 12.6. The Balaban J connectivity index is 3.31. The maximum absolute atomic E-state index is 7.05. The highest BCUT2D eigenvalue weighted by atomic mass is 32.2. The summed E-state index contributed by atoms with van der Waals surface area (Å²) in [7, 11) is 0. The van der Waals surface area contributed by atoms with Crippen LogP contribution in [0.25, 0.3) is 0 Å². The van der Waals surface area contributed by atoms with Crippen LogP contribution >= 0.6 is 23.5 Å². The van der Waals surface area contributed by atoms with Gasteiger partial charge < -0.3 is 11.5 Å². The van der Waals surface area contributed by atoms with E-state index in [0.717, 1.165) is 18.6 Å². The molecule has 0 amide bonds. The van der Waals surface area contributed by atoms with Gasteiger partial charge in [0.15, 0.2) is 10.3 Å². The molecule has 0 rings (SSSR count). The molecule has 6 heteroatoms. The third kappa shape index (κ3) is 9.55. The summed E-state index contributed by atoms with van der Waals surface area (Å²) in [4.78, 5) is 0. The van der Waals surface area contributed by atoms with Crippen molar-refractivity contribution < 1.29 is 0 Å². The van der Waals surface area contributed by atoms with Crippen molar-refractivity contribution in [2.45, 2.75) is 25.0 Å². The molecule has 1 atom stereocenters. The van der Waals surface area contributed by atoms with E-state index >= 15 is 0 Å². The molecular formula is C7H16N4S2. The molecule has 0 heterocycles. The van der Waals surface area contributed by atoms with E-state index in [2.05, 4.69) is 0 Å². The lowest BCUT2D eigenvalue weighted by Gasteiger charge is -2.08. The van der Waals surface area contributed by atoms with Gasteiger partial charge in [0.05, 0.1) is 0 Å². The molecule has 0 saturated carbocycles. The number of amidine groups is 2. The summed E-state index contributed by atoms with van der Waals surface area (Å²) in [5.41, 5.74) is 10.4. The minimum atomic E-state index is 0.173. The zero-order valence-corrected chi connectivity index (χ0v) is 9.30. The molecule has 0 aliphatic rings. The molecule has 0 aromatic rings. The predicted octanol–water partition coefficient (Wildman–Crippen LogP) is 1.41. The minimum absolute atomic E-state index is 0.173. The third-order valence-electron chi connectivity index (χ3n) is 1.34. The Kier molecular flexibility index (Phi) is 6.89. The lowest BCUT2D eigenvalue weighted by atomic mass is 10.3. The van der Waals surface area contributed by atoms with Crippen LogP contribution in [0, 0.1) is 10.8 Å². The highest BCUT2D eigenvalue weighted by molar-refractivity contribution is 8.14. The average molecular weight is 220 g/mol. The molecule has 0 spiro atoms. The normalized spacial score (nSPS) is 12.4. The van der Waals surface area contributed by atoms with Gasteiger partial charge in [-0.25, -0.2) is 0 Å². The fourth-order valence-electron chi connectivity index (χ4n) is 0.829. The van der Waals surface area contributed by atoms with Gasteiger partial charge in [-0.1, -0.05) is 30.4 Å². The molecule has 6 N–H and O–H groups in total. The molecule has 0 bridgehead atoms. The summed E-state index contributed by atoms with van der Waals surface area (Å²) in [5.74, 6) is 0.873. The van der Waals surface area contributed by atoms with Crippen molar-refractivity contribution >= 4 is 33.9 Å². The quantitative estimate of drug-likeness (QED) is 0.320. The van der Waals surface area contributed by atoms with Crippen LogP contribution in [0.3, 0.4) is 0 Å². The van der Waals surface area contributed by atoms with Gasteiger partial charge in [0.1, 0.15) is 0 Å². The Labute approximate surface area is 87.2 Å². The van der Waals surface area contributed by atoms with E-state index in [4.69, 9.17) is 22.3 Å². The summed E-state index contributed by atoms with van der Waals surface area (Å²) < 4.78 is 0. The van der Waals surface area contributed by atoms with Gasteiger partial charge in [-0.2, -0.15) is 0 Å². The van der Waals surface area contributed by atoms with Crippen molar-refractivity contribution in [1.82, 2.24) is 0 Å². The van der Waals surface area contributed by atoms with Crippen molar-refractivity contribution in [1.29, 1.82) is 10.8 Å². The highest BCUT2D eigenvalue weighted by Gasteiger charge is 2.04. The Morgan fingerprint density at radius 3 is 2.38 bits per heavy atom. The topological polar surface area (TPSA) is 99.7 Å². The van der Waals surface area contributed by atoms with Crippen LogP contribution in [0.4, 0.5) is 0 Å². The summed E-state index contributed by atoms with van der Waals surface area (Å²) >= 11 is 2.74. The van der Waals surface area contributed by atoms with Gasteiger partial charge in [0.2, 0.25) is 0 Å². The number of hydrogen-bond donors (Lipinski definition) is 4. The van der Waals surface area contributed by atoms with Crippen LogP contribution in [-0.4, -0.2) is 21.3 Å². The zero-order valence-electron chi connectivity index (χ0n) is 7.67. The summed E-state index contributed by atoms with van der Waals surface area (Å²) in [5, 5.41) is 14.8. The Hall–Kier alpha value is -0.360. The maximum atomic E-state index is 7.05. The molecule has 0 fully saturated rings. The first-order valence-corrected chi connectivity index (χ1v) is 5.86. The fourth-order valence-corrected chi connectivity index (χ4v) is 2.08. The van der Waals surface area contributed by atoms with Gasteiger partial charge in [-0.05, 0) is 12.8 Å². The summed E-state index contributed by atoms with van der Waals surface area (Å²) in [6, 6.07) is 0. The van der Waals surface area contributed by atoms with Crippen molar-refractivity contribution in [3.8, 4) is 0 Å². The van der Waals surface area contributed by atoms with Crippen molar-refractivity contribution in [2.75, 3.05) is 5.75 Å². The number of rotatable bonds is 5. The molecule has 0 aromatic carbocycles. The minimum Gasteiger partial charge on any atom is -0.379 e. The smallest absolute Gasteiger partial charge is 0.151 e. The Bertz CT molecular complexity index is 183. The highest BCUT2D eigenvalue weighted by Crippen LogP contribution is 2.16. The molecule has 0 saturated heterocycles. The van der Waals surface area contributed by atoms with E-state index in [1.807, 2.05) is 6.92 Å². The second-order valence-electron chi connectivity index (χ2n) is 2.65. The van der Waals surface area contributed by atoms with Crippen LogP contribution in [0.5, 0.6) is 0 Å². The van der Waals surface area contributed by atoms with Crippen molar-refractivity contribution in [3.63, 3.8) is 0 Å². The zero-order chi connectivity index (χ0) is 10.3. The maximum Gasteiger partial charge on any atom is 0.151 e. The van der Waals surface area contributed by atoms with Gasteiger partial charge in [-0.15, -0.1) is 0 Å².